The maximum Gasteiger partial charge on any atom is 0.325 e. The number of cyclic esters (lactones) is 1. The van der Waals surface area contributed by atoms with Crippen molar-refractivity contribution < 1.29 is 28.9 Å². The van der Waals surface area contributed by atoms with Gasteiger partial charge in [0, 0.05) is 6.42 Å². The molecule has 22 heavy (non-hydrogen) atoms. The van der Waals surface area contributed by atoms with Crippen LogP contribution in [-0.2, 0) is 35.3 Å². The van der Waals surface area contributed by atoms with Crippen molar-refractivity contribution in [3.8, 4) is 0 Å². The van der Waals surface area contributed by atoms with Gasteiger partial charge in [0.1, 0.15) is 0 Å². The average Bonchev–Trinajstić information content (AvgIpc) is 2.79. The van der Waals surface area contributed by atoms with Gasteiger partial charge < -0.3 is 4.74 Å². The quantitative estimate of drug-likeness (QED) is 0.237. The van der Waals surface area contributed by atoms with Crippen molar-refractivity contribution in [3.05, 3.63) is 35.9 Å². The summed E-state index contributed by atoms with van der Waals surface area (Å²) >= 11 is 0. The summed E-state index contributed by atoms with van der Waals surface area (Å²) < 4.78 is 5.02. The van der Waals surface area contributed by atoms with Crippen molar-refractivity contribution in [3.63, 3.8) is 0 Å². The molecule has 2 atom stereocenters. The van der Waals surface area contributed by atoms with Crippen LogP contribution >= 0.6 is 0 Å². The predicted molar refractivity (Wildman–Crippen MR) is 75.7 cm³/mol. The van der Waals surface area contributed by atoms with E-state index in [0.717, 1.165) is 5.56 Å². The van der Waals surface area contributed by atoms with Gasteiger partial charge in [0.2, 0.25) is 0 Å². The van der Waals surface area contributed by atoms with Crippen LogP contribution in [0.5, 0.6) is 0 Å². The molecule has 2 unspecified atom stereocenters. The molecule has 0 aliphatic carbocycles. The van der Waals surface area contributed by atoms with Gasteiger partial charge in [-0.05, 0) is 18.4 Å². The third-order valence-corrected chi connectivity index (χ3v) is 3.45. The Labute approximate surface area is 128 Å². The third kappa shape index (κ3) is 3.99. The van der Waals surface area contributed by atoms with E-state index < -0.39 is 29.6 Å². The lowest BCUT2D eigenvalue weighted by atomic mass is 9.93. The van der Waals surface area contributed by atoms with Crippen LogP contribution in [0.3, 0.4) is 0 Å². The number of hydrogen-bond donors (Lipinski definition) is 0. The Hall–Kier alpha value is -2.05. The molecule has 0 bridgehead atoms. The molecule has 0 aromatic heterocycles. The molecular formula is C16H18O6. The Morgan fingerprint density at radius 2 is 1.95 bits per heavy atom. The van der Waals surface area contributed by atoms with E-state index in [1.807, 2.05) is 6.07 Å². The highest BCUT2D eigenvalue weighted by Gasteiger charge is 2.46. The lowest BCUT2D eigenvalue weighted by Gasteiger charge is -2.07. The fraction of sp³-hybridized carbons (Fsp3) is 0.438. The van der Waals surface area contributed by atoms with Crippen LogP contribution in [-0.4, -0.2) is 37.4 Å². The minimum absolute atomic E-state index is 0.0475. The maximum absolute atomic E-state index is 12.2. The first-order valence-corrected chi connectivity index (χ1v) is 7.10. The normalized spacial score (nSPS) is 21.0. The number of carbonyl (C=O) groups excluding carboxylic acids is 3. The minimum atomic E-state index is -1.30. The Kier molecular flexibility index (Phi) is 5.80. The van der Waals surface area contributed by atoms with Gasteiger partial charge in [-0.2, -0.15) is 0 Å². The molecule has 6 heteroatoms. The summed E-state index contributed by atoms with van der Waals surface area (Å²) in [4.78, 5) is 45.3. The summed E-state index contributed by atoms with van der Waals surface area (Å²) in [6, 6.07) is 9.00. The molecule has 1 fully saturated rings. The van der Waals surface area contributed by atoms with Crippen LogP contribution in [0.15, 0.2) is 30.3 Å². The smallest absolute Gasteiger partial charge is 0.325 e. The largest absolute Gasteiger partial charge is 0.453 e. The highest BCUT2D eigenvalue weighted by Crippen LogP contribution is 2.23. The topological polar surface area (TPSA) is 78.9 Å². The molecule has 0 amide bonds. The number of rotatable bonds is 8. The molecule has 1 aliphatic rings. The molecule has 0 spiro atoms. The van der Waals surface area contributed by atoms with Gasteiger partial charge in [-0.15, -0.1) is 0 Å². The van der Waals surface area contributed by atoms with E-state index in [4.69, 9.17) is 4.74 Å². The zero-order valence-electron chi connectivity index (χ0n) is 12.3. The first-order valence-electron chi connectivity index (χ1n) is 7.10. The lowest BCUT2D eigenvalue weighted by molar-refractivity contribution is -0.273. The van der Waals surface area contributed by atoms with Gasteiger partial charge >= 0.3 is 5.97 Å². The summed E-state index contributed by atoms with van der Waals surface area (Å²) in [5, 5.41) is 0. The fourth-order valence-electron chi connectivity index (χ4n) is 2.37. The number of hydrogen-bond acceptors (Lipinski definition) is 6. The Bertz CT molecular complexity index is 539. The van der Waals surface area contributed by atoms with E-state index in [9.17, 15) is 14.4 Å². The average molecular weight is 306 g/mol. The van der Waals surface area contributed by atoms with Crippen LogP contribution in [0.4, 0.5) is 0 Å². The van der Waals surface area contributed by atoms with Gasteiger partial charge in [-0.25, -0.2) is 9.78 Å². The van der Waals surface area contributed by atoms with Crippen molar-refractivity contribution >= 4 is 17.5 Å². The summed E-state index contributed by atoms with van der Waals surface area (Å²) in [6.07, 6.45) is 0.00383. The van der Waals surface area contributed by atoms with Crippen LogP contribution in [0.25, 0.3) is 0 Å². The highest BCUT2D eigenvalue weighted by atomic mass is 17.2. The van der Waals surface area contributed by atoms with Crippen LogP contribution in [0.1, 0.15) is 18.4 Å². The van der Waals surface area contributed by atoms with E-state index in [1.54, 1.807) is 24.3 Å². The highest BCUT2D eigenvalue weighted by molar-refractivity contribution is 6.22. The SMILES string of the molecule is COOCCCC1OC(=O)C(C(=O)Cc2ccccc2)C1=O. The van der Waals surface area contributed by atoms with Crippen LogP contribution in [0.2, 0.25) is 0 Å². The number of carbonyl (C=O) groups is 3. The van der Waals surface area contributed by atoms with Crippen molar-refractivity contribution in [1.29, 1.82) is 0 Å². The molecule has 1 aromatic carbocycles. The minimum Gasteiger partial charge on any atom is -0.453 e. The number of esters is 1. The lowest BCUT2D eigenvalue weighted by Crippen LogP contribution is -2.29. The first kappa shape index (κ1) is 16.3. The monoisotopic (exact) mass is 306 g/mol. The summed E-state index contributed by atoms with van der Waals surface area (Å²) in [5.41, 5.74) is 0.769. The second-order valence-corrected chi connectivity index (χ2v) is 5.02. The molecule has 6 nitrogen and oxygen atoms in total. The van der Waals surface area contributed by atoms with E-state index >= 15 is 0 Å². The number of Topliss-reactive ketones (excluding diaryl/α,β-unsaturated/α-hetero) is 2. The Balaban J connectivity index is 1.92. The molecule has 1 saturated heterocycles. The maximum atomic E-state index is 12.2. The molecule has 0 N–H and O–H groups in total. The van der Waals surface area contributed by atoms with Crippen molar-refractivity contribution in [1.82, 2.24) is 0 Å². The van der Waals surface area contributed by atoms with Crippen molar-refractivity contribution in [2.45, 2.75) is 25.4 Å². The number of ketones is 2. The van der Waals surface area contributed by atoms with E-state index in [1.165, 1.54) is 7.11 Å². The molecule has 118 valence electrons. The first-order chi connectivity index (χ1) is 10.6. The van der Waals surface area contributed by atoms with Gasteiger partial charge in [0.15, 0.2) is 23.6 Å². The van der Waals surface area contributed by atoms with E-state index in [2.05, 4.69) is 9.78 Å². The van der Waals surface area contributed by atoms with E-state index in [-0.39, 0.29) is 6.42 Å². The number of ether oxygens (including phenoxy) is 1. The second-order valence-electron chi connectivity index (χ2n) is 5.02. The molecule has 1 aromatic rings. The standard InChI is InChI=1S/C16H18O6/c1-20-21-9-5-8-13-15(18)14(16(19)22-13)12(17)10-11-6-3-2-4-7-11/h2-4,6-7,13-14H,5,8-10H2,1H3. The molecule has 1 heterocycles. The number of benzene rings is 1. The molecule has 0 saturated carbocycles. The predicted octanol–water partition coefficient (Wildman–Crippen LogP) is 1.27. The van der Waals surface area contributed by atoms with Crippen LogP contribution in [0, 0.1) is 5.92 Å². The van der Waals surface area contributed by atoms with Gasteiger partial charge in [0.05, 0.1) is 13.7 Å². The molecular weight excluding hydrogens is 288 g/mol. The van der Waals surface area contributed by atoms with Gasteiger partial charge in [-0.3, -0.25) is 14.4 Å². The summed E-state index contributed by atoms with van der Waals surface area (Å²) in [6.45, 7) is 0.292. The van der Waals surface area contributed by atoms with Crippen molar-refractivity contribution in [2.75, 3.05) is 13.7 Å². The zero-order chi connectivity index (χ0) is 15.9. The van der Waals surface area contributed by atoms with E-state index in [0.29, 0.717) is 19.4 Å². The Morgan fingerprint density at radius 3 is 2.64 bits per heavy atom. The second kappa shape index (κ2) is 7.82. The van der Waals surface area contributed by atoms with Gasteiger partial charge in [0.25, 0.3) is 0 Å². The summed E-state index contributed by atoms with van der Waals surface area (Å²) in [5.74, 6) is -2.92. The summed E-state index contributed by atoms with van der Waals surface area (Å²) in [7, 11) is 1.39. The molecule has 0 radical (unpaired) electrons. The van der Waals surface area contributed by atoms with Crippen LogP contribution < -0.4 is 0 Å². The van der Waals surface area contributed by atoms with Gasteiger partial charge in [-0.1, -0.05) is 30.3 Å². The zero-order valence-corrected chi connectivity index (χ0v) is 12.3. The van der Waals surface area contributed by atoms with Crippen molar-refractivity contribution in [2.24, 2.45) is 5.92 Å². The third-order valence-electron chi connectivity index (χ3n) is 3.45. The fourth-order valence-corrected chi connectivity index (χ4v) is 2.37. The molecule has 1 aliphatic heterocycles. The Morgan fingerprint density at radius 1 is 1.23 bits per heavy atom. The molecule has 2 rings (SSSR count).